The number of hydrogen-bond acceptors (Lipinski definition) is 2. The molecule has 1 aliphatic carbocycles. The summed E-state index contributed by atoms with van der Waals surface area (Å²) in [6.45, 7) is 0. The molecule has 0 bridgehead atoms. The van der Waals surface area contributed by atoms with Crippen molar-refractivity contribution in [1.82, 2.24) is 5.32 Å². The van der Waals surface area contributed by atoms with Crippen molar-refractivity contribution in [3.05, 3.63) is 27.3 Å². The van der Waals surface area contributed by atoms with Gasteiger partial charge >= 0.3 is 0 Å². The van der Waals surface area contributed by atoms with Crippen LogP contribution in [0.3, 0.4) is 0 Å². The van der Waals surface area contributed by atoms with Crippen LogP contribution in [0.25, 0.3) is 0 Å². The molecule has 1 saturated carbocycles. The smallest absolute Gasteiger partial charge is 0.255 e. The minimum atomic E-state index is -0.188. The molecular weight excluding hydrogens is 421 g/mol. The quantitative estimate of drug-likeness (QED) is 0.419. The van der Waals surface area contributed by atoms with Gasteiger partial charge < -0.3 is 10.4 Å². The number of amides is 1. The lowest BCUT2D eigenvalue weighted by atomic mass is 10.1. The van der Waals surface area contributed by atoms with Crippen molar-refractivity contribution < 1.29 is 9.90 Å². The Morgan fingerprint density at radius 1 is 1.32 bits per heavy atom. The van der Waals surface area contributed by atoms with Crippen LogP contribution in [0, 0.1) is 3.57 Å². The summed E-state index contributed by atoms with van der Waals surface area (Å²) in [6, 6.07) is 5.21. The second-order valence-corrected chi connectivity index (χ2v) is 7.32. The summed E-state index contributed by atoms with van der Waals surface area (Å²) >= 11 is 5.80. The molecule has 5 heteroatoms. The highest BCUT2D eigenvalue weighted by molar-refractivity contribution is 14.1. The molecule has 0 aromatic heterocycles. The van der Waals surface area contributed by atoms with Gasteiger partial charge in [-0.3, -0.25) is 4.79 Å². The van der Waals surface area contributed by atoms with E-state index < -0.39 is 0 Å². The third-order valence-corrected chi connectivity index (χ3v) is 5.22. The molecule has 1 aliphatic rings. The number of rotatable bonds is 2. The van der Waals surface area contributed by atoms with Crippen LogP contribution in [0.15, 0.2) is 18.2 Å². The summed E-state index contributed by atoms with van der Waals surface area (Å²) in [6.07, 6.45) is 5.65. The number of phenols is 1. The highest BCUT2D eigenvalue weighted by Crippen LogP contribution is 2.25. The summed E-state index contributed by atoms with van der Waals surface area (Å²) < 4.78 is 0.941. The van der Waals surface area contributed by atoms with Crippen LogP contribution < -0.4 is 5.32 Å². The second-order valence-electron chi connectivity index (χ2n) is 4.90. The first-order valence-corrected chi connectivity index (χ1v) is 8.51. The monoisotopic (exact) mass is 437 g/mol. The molecule has 1 aromatic rings. The van der Waals surface area contributed by atoms with Crippen LogP contribution in [0.1, 0.15) is 42.5 Å². The number of carbonyl (C=O) groups excluding carboxylic acids is 1. The van der Waals surface area contributed by atoms with Crippen molar-refractivity contribution in [2.75, 3.05) is 0 Å². The molecule has 19 heavy (non-hydrogen) atoms. The Hall–Kier alpha value is -0.300. The van der Waals surface area contributed by atoms with E-state index in [2.05, 4.69) is 43.8 Å². The molecule has 2 N–H and O–H groups in total. The third kappa shape index (κ3) is 4.08. The molecule has 1 amide bonds. The first-order valence-electron chi connectivity index (χ1n) is 6.51. The van der Waals surface area contributed by atoms with Crippen LogP contribution in [-0.2, 0) is 0 Å². The maximum absolute atomic E-state index is 12.2. The van der Waals surface area contributed by atoms with E-state index in [4.69, 9.17) is 0 Å². The average molecular weight is 438 g/mol. The van der Waals surface area contributed by atoms with E-state index in [-0.39, 0.29) is 17.7 Å². The van der Waals surface area contributed by atoms with Crippen molar-refractivity contribution in [3.63, 3.8) is 0 Å². The molecule has 1 aromatic carbocycles. The zero-order chi connectivity index (χ0) is 13.8. The second kappa shape index (κ2) is 6.92. The van der Waals surface area contributed by atoms with Gasteiger partial charge in [0.05, 0.1) is 5.56 Å². The van der Waals surface area contributed by atoms with Crippen molar-refractivity contribution >= 4 is 44.4 Å². The van der Waals surface area contributed by atoms with Gasteiger partial charge in [0.1, 0.15) is 5.75 Å². The lowest BCUT2D eigenvalue weighted by Gasteiger charge is -2.21. The summed E-state index contributed by atoms with van der Waals surface area (Å²) in [5.41, 5.74) is 0.357. The van der Waals surface area contributed by atoms with Gasteiger partial charge in [0.15, 0.2) is 0 Å². The van der Waals surface area contributed by atoms with Crippen LogP contribution in [0.5, 0.6) is 5.75 Å². The van der Waals surface area contributed by atoms with E-state index in [9.17, 15) is 9.90 Å². The fourth-order valence-corrected chi connectivity index (χ4v) is 3.57. The SMILES string of the molecule is O=C(NC1CCCCCC1Br)c1cc(I)ccc1O. The van der Waals surface area contributed by atoms with E-state index in [1.165, 1.54) is 12.8 Å². The maximum Gasteiger partial charge on any atom is 0.255 e. The number of alkyl halides is 1. The Labute approximate surface area is 135 Å². The summed E-state index contributed by atoms with van der Waals surface area (Å²) in [5, 5.41) is 12.8. The van der Waals surface area contributed by atoms with Gasteiger partial charge in [-0.25, -0.2) is 0 Å². The largest absolute Gasteiger partial charge is 0.507 e. The molecule has 0 saturated heterocycles. The molecule has 2 unspecified atom stereocenters. The molecule has 0 heterocycles. The average Bonchev–Trinajstić information content (AvgIpc) is 2.58. The fraction of sp³-hybridized carbons (Fsp3) is 0.500. The minimum Gasteiger partial charge on any atom is -0.507 e. The molecule has 0 spiro atoms. The molecule has 0 aliphatic heterocycles. The van der Waals surface area contributed by atoms with Gasteiger partial charge in [-0.05, 0) is 53.6 Å². The lowest BCUT2D eigenvalue weighted by Crippen LogP contribution is -2.40. The zero-order valence-corrected chi connectivity index (χ0v) is 14.3. The van der Waals surface area contributed by atoms with Crippen LogP contribution >= 0.6 is 38.5 Å². The molecule has 104 valence electrons. The zero-order valence-electron chi connectivity index (χ0n) is 10.5. The van der Waals surface area contributed by atoms with E-state index in [1.807, 2.05) is 0 Å². The van der Waals surface area contributed by atoms with Crippen molar-refractivity contribution in [3.8, 4) is 5.75 Å². The predicted octanol–water partition coefficient (Wildman–Crippen LogP) is 3.82. The Kier molecular flexibility index (Phi) is 5.50. The first-order chi connectivity index (χ1) is 9.08. The summed E-state index contributed by atoms with van der Waals surface area (Å²) in [7, 11) is 0. The molecule has 0 radical (unpaired) electrons. The maximum atomic E-state index is 12.2. The normalized spacial score (nSPS) is 23.7. The number of nitrogens with one attached hydrogen (secondary N) is 1. The number of halogens is 2. The Morgan fingerprint density at radius 2 is 2.05 bits per heavy atom. The summed E-state index contributed by atoms with van der Waals surface area (Å²) in [5.74, 6) is -0.148. The van der Waals surface area contributed by atoms with Crippen LogP contribution in [0.4, 0.5) is 0 Å². The highest BCUT2D eigenvalue weighted by Gasteiger charge is 2.24. The van der Waals surface area contributed by atoms with Gasteiger partial charge in [-0.2, -0.15) is 0 Å². The lowest BCUT2D eigenvalue weighted by molar-refractivity contribution is 0.0932. The van der Waals surface area contributed by atoms with Gasteiger partial charge in [-0.1, -0.05) is 35.2 Å². The van der Waals surface area contributed by atoms with E-state index in [1.54, 1.807) is 18.2 Å². The summed E-state index contributed by atoms with van der Waals surface area (Å²) in [4.78, 5) is 12.6. The standard InChI is InChI=1S/C14H17BrINO2/c15-11-4-2-1-3-5-12(11)17-14(19)10-8-9(16)6-7-13(10)18/h6-8,11-12,18H,1-5H2,(H,17,19). The van der Waals surface area contributed by atoms with E-state index in [0.29, 0.717) is 10.4 Å². The molecule has 2 atom stereocenters. The molecular formula is C14H17BrINO2. The predicted molar refractivity (Wildman–Crippen MR) is 87.9 cm³/mol. The Balaban J connectivity index is 2.09. The number of hydrogen-bond donors (Lipinski definition) is 2. The number of carbonyl (C=O) groups is 1. The van der Waals surface area contributed by atoms with Crippen molar-refractivity contribution in [2.45, 2.75) is 43.0 Å². The number of benzene rings is 1. The molecule has 1 fully saturated rings. The van der Waals surface area contributed by atoms with Gasteiger partial charge in [0.2, 0.25) is 0 Å². The van der Waals surface area contributed by atoms with E-state index in [0.717, 1.165) is 22.8 Å². The third-order valence-electron chi connectivity index (χ3n) is 3.45. The molecule has 2 rings (SSSR count). The Morgan fingerprint density at radius 3 is 2.84 bits per heavy atom. The van der Waals surface area contributed by atoms with Crippen molar-refractivity contribution in [2.24, 2.45) is 0 Å². The van der Waals surface area contributed by atoms with E-state index >= 15 is 0 Å². The van der Waals surface area contributed by atoms with Crippen LogP contribution in [0.2, 0.25) is 0 Å². The van der Waals surface area contributed by atoms with Gasteiger partial charge in [-0.15, -0.1) is 0 Å². The highest BCUT2D eigenvalue weighted by atomic mass is 127. The Bertz CT molecular complexity index is 467. The minimum absolute atomic E-state index is 0.0395. The van der Waals surface area contributed by atoms with Gasteiger partial charge in [0, 0.05) is 14.4 Å². The van der Waals surface area contributed by atoms with Gasteiger partial charge in [0.25, 0.3) is 5.91 Å². The van der Waals surface area contributed by atoms with Crippen molar-refractivity contribution in [1.29, 1.82) is 0 Å². The topological polar surface area (TPSA) is 49.3 Å². The van der Waals surface area contributed by atoms with Crippen LogP contribution in [-0.4, -0.2) is 21.9 Å². The fourth-order valence-electron chi connectivity index (χ4n) is 2.36. The first kappa shape index (κ1) is 15.1. The number of phenolic OH excluding ortho intramolecular Hbond substituents is 1. The molecule has 3 nitrogen and oxygen atoms in total. The number of aromatic hydroxyl groups is 1.